The first-order chi connectivity index (χ1) is 8.97. The predicted octanol–water partition coefficient (Wildman–Crippen LogP) is 0.996. The number of ether oxygens (including phenoxy) is 1. The summed E-state index contributed by atoms with van der Waals surface area (Å²) in [6.45, 7) is 2.97. The molecule has 5 heteroatoms. The van der Waals surface area contributed by atoms with Crippen LogP contribution in [0, 0.1) is 5.92 Å². The highest BCUT2D eigenvalue weighted by Crippen LogP contribution is 2.35. The van der Waals surface area contributed by atoms with Crippen molar-refractivity contribution >= 4 is 17.4 Å². The number of hydrogen-bond donors (Lipinski definition) is 1. The predicted molar refractivity (Wildman–Crippen MR) is 70.1 cm³/mol. The summed E-state index contributed by atoms with van der Waals surface area (Å²) in [5.74, 6) is -0.301. The van der Waals surface area contributed by atoms with Gasteiger partial charge in [0.1, 0.15) is 11.8 Å². The number of carbonyl (C=O) groups excluding carboxylic acids is 2. The number of carbonyl (C=O) groups is 2. The van der Waals surface area contributed by atoms with Gasteiger partial charge in [-0.15, -0.1) is 0 Å². The van der Waals surface area contributed by atoms with Gasteiger partial charge in [0.05, 0.1) is 19.1 Å². The number of aliphatic hydroxyl groups excluding tert-OH is 1. The number of methoxy groups -OCH3 is 1. The van der Waals surface area contributed by atoms with Crippen LogP contribution in [0.1, 0.15) is 13.8 Å². The third kappa shape index (κ3) is 2.21. The Bertz CT molecular complexity index is 495. The molecule has 5 nitrogen and oxygen atoms in total. The zero-order chi connectivity index (χ0) is 14.2. The molecule has 2 rings (SSSR count). The van der Waals surface area contributed by atoms with Gasteiger partial charge >= 0.3 is 0 Å². The molecule has 2 unspecified atom stereocenters. The van der Waals surface area contributed by atoms with E-state index in [-0.39, 0.29) is 11.7 Å². The minimum Gasteiger partial charge on any atom is -0.497 e. The maximum atomic E-state index is 12.1. The van der Waals surface area contributed by atoms with Crippen molar-refractivity contribution in [2.75, 3.05) is 12.0 Å². The fraction of sp³-hybridized carbons (Fsp3) is 0.429. The second kappa shape index (κ2) is 5.01. The van der Waals surface area contributed by atoms with Crippen molar-refractivity contribution in [3.05, 3.63) is 24.3 Å². The lowest BCUT2D eigenvalue weighted by molar-refractivity contribution is -0.141. The van der Waals surface area contributed by atoms with Crippen molar-refractivity contribution in [2.45, 2.75) is 26.0 Å². The number of β-lactam (4-membered cyclic amide) rings is 1. The van der Waals surface area contributed by atoms with E-state index in [2.05, 4.69) is 0 Å². The molecule has 1 aliphatic rings. The van der Waals surface area contributed by atoms with Crippen LogP contribution in [0.5, 0.6) is 5.75 Å². The van der Waals surface area contributed by atoms with E-state index in [0.29, 0.717) is 11.4 Å². The van der Waals surface area contributed by atoms with Crippen LogP contribution in [0.15, 0.2) is 24.3 Å². The Kier molecular flexibility index (Phi) is 3.57. The number of nitrogens with zero attached hydrogens (tertiary/aromatic N) is 1. The summed E-state index contributed by atoms with van der Waals surface area (Å²) in [6, 6.07) is 6.34. The number of Topliss-reactive ketones (excluding diaryl/α,β-unsaturated/α-hetero) is 1. The maximum Gasteiger partial charge on any atom is 0.235 e. The molecule has 19 heavy (non-hydrogen) atoms. The van der Waals surface area contributed by atoms with Gasteiger partial charge in [0.15, 0.2) is 5.78 Å². The van der Waals surface area contributed by atoms with Crippen molar-refractivity contribution in [3.8, 4) is 5.75 Å². The van der Waals surface area contributed by atoms with Crippen LogP contribution in [-0.2, 0) is 9.59 Å². The van der Waals surface area contributed by atoms with Crippen LogP contribution in [-0.4, -0.2) is 36.1 Å². The Morgan fingerprint density at radius 1 is 1.37 bits per heavy atom. The molecule has 1 amide bonds. The van der Waals surface area contributed by atoms with Gasteiger partial charge in [0.25, 0.3) is 0 Å². The molecule has 1 N–H and O–H groups in total. The lowest BCUT2D eigenvalue weighted by atomic mass is 9.80. The second-order valence-electron chi connectivity index (χ2n) is 4.73. The molecule has 1 aromatic rings. The summed E-state index contributed by atoms with van der Waals surface area (Å²) in [5, 5.41) is 9.59. The summed E-state index contributed by atoms with van der Waals surface area (Å²) >= 11 is 0. The zero-order valence-electron chi connectivity index (χ0n) is 11.2. The average molecular weight is 263 g/mol. The Morgan fingerprint density at radius 3 is 2.37 bits per heavy atom. The van der Waals surface area contributed by atoms with E-state index in [1.807, 2.05) is 0 Å². The first kappa shape index (κ1) is 13.5. The molecule has 1 aliphatic heterocycles. The number of benzene rings is 1. The number of amides is 1. The molecule has 1 fully saturated rings. The van der Waals surface area contributed by atoms with Crippen LogP contribution in [0.4, 0.5) is 5.69 Å². The highest BCUT2D eigenvalue weighted by atomic mass is 16.5. The van der Waals surface area contributed by atoms with E-state index in [1.54, 1.807) is 31.4 Å². The van der Waals surface area contributed by atoms with E-state index in [1.165, 1.54) is 18.7 Å². The first-order valence-corrected chi connectivity index (χ1v) is 6.13. The normalized spacial score (nSPS) is 23.8. The summed E-state index contributed by atoms with van der Waals surface area (Å²) in [7, 11) is 1.56. The first-order valence-electron chi connectivity index (χ1n) is 6.13. The number of hydrogen-bond acceptors (Lipinski definition) is 4. The molecule has 0 bridgehead atoms. The van der Waals surface area contributed by atoms with Gasteiger partial charge in [-0.1, -0.05) is 0 Å². The van der Waals surface area contributed by atoms with Crippen LogP contribution in [0.2, 0.25) is 0 Å². The number of ketones is 1. The molecule has 0 spiro atoms. The molecular weight excluding hydrogens is 246 g/mol. The van der Waals surface area contributed by atoms with E-state index in [9.17, 15) is 14.7 Å². The summed E-state index contributed by atoms with van der Waals surface area (Å²) in [5.41, 5.74) is 0.642. The highest BCUT2D eigenvalue weighted by molar-refractivity contribution is 6.12. The number of rotatable bonds is 4. The maximum absolute atomic E-state index is 12.1. The third-order valence-corrected chi connectivity index (χ3v) is 3.43. The molecule has 1 aromatic carbocycles. The number of aliphatic hydroxyl groups is 1. The van der Waals surface area contributed by atoms with Crippen molar-refractivity contribution in [3.63, 3.8) is 0 Å². The molecular formula is C14H17NO4. The van der Waals surface area contributed by atoms with Gasteiger partial charge in [-0.25, -0.2) is 0 Å². The molecule has 1 heterocycles. The SMILES string of the molecule is COc1ccc(N2C(=O)C([C@H](C)O)C2C(C)=O)cc1. The molecule has 3 atom stereocenters. The highest BCUT2D eigenvalue weighted by Gasteiger charge is 2.52. The largest absolute Gasteiger partial charge is 0.497 e. The van der Waals surface area contributed by atoms with E-state index < -0.39 is 18.1 Å². The Hall–Kier alpha value is -1.88. The summed E-state index contributed by atoms with van der Waals surface area (Å²) < 4.78 is 5.05. The smallest absolute Gasteiger partial charge is 0.235 e. The Labute approximate surface area is 111 Å². The zero-order valence-corrected chi connectivity index (χ0v) is 11.2. The monoisotopic (exact) mass is 263 g/mol. The van der Waals surface area contributed by atoms with E-state index in [4.69, 9.17) is 4.74 Å². The van der Waals surface area contributed by atoms with Crippen LogP contribution in [0.25, 0.3) is 0 Å². The lowest BCUT2D eigenvalue weighted by Crippen LogP contribution is -2.67. The second-order valence-corrected chi connectivity index (χ2v) is 4.73. The Balaban J connectivity index is 2.28. The van der Waals surface area contributed by atoms with Crippen LogP contribution < -0.4 is 9.64 Å². The van der Waals surface area contributed by atoms with Crippen molar-refractivity contribution in [1.82, 2.24) is 0 Å². The van der Waals surface area contributed by atoms with Gasteiger partial charge in [-0.2, -0.15) is 0 Å². The van der Waals surface area contributed by atoms with Crippen molar-refractivity contribution in [2.24, 2.45) is 5.92 Å². The molecule has 102 valence electrons. The third-order valence-electron chi connectivity index (χ3n) is 3.43. The minimum atomic E-state index is -0.823. The van der Waals surface area contributed by atoms with Gasteiger partial charge < -0.3 is 14.7 Å². The topological polar surface area (TPSA) is 66.8 Å². The Morgan fingerprint density at radius 2 is 1.95 bits per heavy atom. The average Bonchev–Trinajstić information content (AvgIpc) is 2.35. The fourth-order valence-corrected chi connectivity index (χ4v) is 2.45. The van der Waals surface area contributed by atoms with Crippen molar-refractivity contribution < 1.29 is 19.4 Å². The van der Waals surface area contributed by atoms with E-state index in [0.717, 1.165) is 0 Å². The van der Waals surface area contributed by atoms with Gasteiger partial charge in [0, 0.05) is 5.69 Å². The van der Waals surface area contributed by atoms with E-state index >= 15 is 0 Å². The number of anilines is 1. The molecule has 1 saturated heterocycles. The van der Waals surface area contributed by atoms with Crippen LogP contribution in [0.3, 0.4) is 0 Å². The molecule has 0 aliphatic carbocycles. The lowest BCUT2D eigenvalue weighted by Gasteiger charge is -2.46. The van der Waals surface area contributed by atoms with Crippen molar-refractivity contribution in [1.29, 1.82) is 0 Å². The standard InChI is InChI=1S/C14H17NO4/c1-8(16)12-13(9(2)17)15(14(12)18)10-4-6-11(19-3)7-5-10/h4-8,12-13,16H,1-3H3/t8-,12?,13?/m0/s1. The van der Waals surface area contributed by atoms with Gasteiger partial charge in [0.2, 0.25) is 5.91 Å². The van der Waals surface area contributed by atoms with Gasteiger partial charge in [-0.05, 0) is 38.1 Å². The van der Waals surface area contributed by atoms with Crippen LogP contribution >= 0.6 is 0 Å². The quantitative estimate of drug-likeness (QED) is 0.823. The fourth-order valence-electron chi connectivity index (χ4n) is 2.45. The molecule has 0 radical (unpaired) electrons. The van der Waals surface area contributed by atoms with Gasteiger partial charge in [-0.3, -0.25) is 9.59 Å². The summed E-state index contributed by atoms with van der Waals surface area (Å²) in [6.07, 6.45) is -0.823. The minimum absolute atomic E-state index is 0.124. The molecule has 0 saturated carbocycles. The molecule has 0 aromatic heterocycles. The summed E-state index contributed by atoms with van der Waals surface area (Å²) in [4.78, 5) is 25.1.